The van der Waals surface area contributed by atoms with E-state index in [9.17, 15) is 0 Å². The molecule has 1 N–H and O–H groups in total. The maximum atomic E-state index is 5.35. The third-order valence-corrected chi connectivity index (χ3v) is 2.54. The first-order valence-corrected chi connectivity index (χ1v) is 6.55. The average molecular weight is 252 g/mol. The van der Waals surface area contributed by atoms with Crippen molar-refractivity contribution in [1.82, 2.24) is 9.97 Å². The molecule has 0 spiro atoms. The van der Waals surface area contributed by atoms with Gasteiger partial charge in [-0.3, -0.25) is 0 Å². The van der Waals surface area contributed by atoms with Crippen molar-refractivity contribution in [2.24, 2.45) is 0 Å². The third-order valence-electron chi connectivity index (χ3n) is 2.54. The van der Waals surface area contributed by atoms with Gasteiger partial charge in [-0.25, -0.2) is 4.98 Å². The minimum atomic E-state index is 0.704. The molecule has 0 saturated carbocycles. The molecule has 0 amide bonds. The van der Waals surface area contributed by atoms with Crippen molar-refractivity contribution in [2.75, 3.05) is 43.6 Å². The summed E-state index contributed by atoms with van der Waals surface area (Å²) in [6.45, 7) is 9.30. The number of ether oxygens (including phenoxy) is 1. The maximum Gasteiger partial charge on any atom is 0.224 e. The highest BCUT2D eigenvalue weighted by Crippen LogP contribution is 2.13. The molecule has 18 heavy (non-hydrogen) atoms. The molecule has 1 rings (SSSR count). The zero-order chi connectivity index (χ0) is 13.4. The quantitative estimate of drug-likeness (QED) is 0.718. The highest BCUT2D eigenvalue weighted by molar-refractivity contribution is 5.44. The van der Waals surface area contributed by atoms with Gasteiger partial charge in [-0.05, 0) is 20.3 Å². The predicted octanol–water partition coefficient (Wildman–Crippen LogP) is 2.08. The molecule has 0 aliphatic rings. The summed E-state index contributed by atoms with van der Waals surface area (Å²) in [7, 11) is 2.02. The smallest absolute Gasteiger partial charge is 0.224 e. The van der Waals surface area contributed by atoms with Crippen LogP contribution in [0.15, 0.2) is 6.07 Å². The van der Waals surface area contributed by atoms with Gasteiger partial charge in [0.25, 0.3) is 0 Å². The molecule has 0 aliphatic heterocycles. The summed E-state index contributed by atoms with van der Waals surface area (Å²) in [6.07, 6.45) is 1.06. The van der Waals surface area contributed by atoms with Gasteiger partial charge in [0.05, 0.1) is 6.61 Å². The Labute approximate surface area is 110 Å². The average Bonchev–Trinajstić information content (AvgIpc) is 2.36. The van der Waals surface area contributed by atoms with Gasteiger partial charge in [0, 0.05) is 38.5 Å². The number of nitrogens with zero attached hydrogens (tertiary/aromatic N) is 3. The highest BCUT2D eigenvalue weighted by Gasteiger charge is 2.06. The fourth-order valence-corrected chi connectivity index (χ4v) is 1.52. The minimum Gasteiger partial charge on any atom is -0.380 e. The first kappa shape index (κ1) is 14.7. The molecule has 1 heterocycles. The Morgan fingerprint density at radius 2 is 2.11 bits per heavy atom. The molecule has 102 valence electrons. The van der Waals surface area contributed by atoms with E-state index in [-0.39, 0.29) is 0 Å². The van der Waals surface area contributed by atoms with Crippen LogP contribution >= 0.6 is 0 Å². The molecular formula is C13H24N4O. The SMILES string of the molecule is CCCNc1nc(C)cc(N(C)CCOCC)n1. The summed E-state index contributed by atoms with van der Waals surface area (Å²) in [6, 6.07) is 1.99. The standard InChI is InChI=1S/C13H24N4O/c1-5-7-14-13-15-11(3)10-12(16-13)17(4)8-9-18-6-2/h10H,5-9H2,1-4H3,(H,14,15,16). The van der Waals surface area contributed by atoms with Gasteiger partial charge >= 0.3 is 0 Å². The van der Waals surface area contributed by atoms with Gasteiger partial charge in [0.1, 0.15) is 5.82 Å². The number of aromatic nitrogens is 2. The monoisotopic (exact) mass is 252 g/mol. The Balaban J connectivity index is 2.65. The topological polar surface area (TPSA) is 50.3 Å². The summed E-state index contributed by atoms with van der Waals surface area (Å²) in [4.78, 5) is 11.0. The Hall–Kier alpha value is -1.36. The molecule has 0 radical (unpaired) electrons. The van der Waals surface area contributed by atoms with E-state index < -0.39 is 0 Å². The van der Waals surface area contributed by atoms with Crippen LogP contribution in [0.3, 0.4) is 0 Å². The van der Waals surface area contributed by atoms with Gasteiger partial charge in [-0.15, -0.1) is 0 Å². The Kier molecular flexibility index (Phi) is 6.43. The van der Waals surface area contributed by atoms with E-state index in [4.69, 9.17) is 4.74 Å². The second-order valence-corrected chi connectivity index (χ2v) is 4.24. The van der Waals surface area contributed by atoms with E-state index in [1.807, 2.05) is 27.0 Å². The Morgan fingerprint density at radius 3 is 2.78 bits per heavy atom. The summed E-state index contributed by atoms with van der Waals surface area (Å²) in [5, 5.41) is 3.22. The predicted molar refractivity (Wildman–Crippen MR) is 75.3 cm³/mol. The molecule has 0 bridgehead atoms. The van der Waals surface area contributed by atoms with Gasteiger partial charge in [-0.1, -0.05) is 6.92 Å². The maximum absolute atomic E-state index is 5.35. The van der Waals surface area contributed by atoms with Gasteiger partial charge in [0.15, 0.2) is 0 Å². The lowest BCUT2D eigenvalue weighted by Gasteiger charge is -2.19. The Bertz CT molecular complexity index is 357. The molecule has 5 heteroatoms. The van der Waals surface area contributed by atoms with Crippen LogP contribution in [0.4, 0.5) is 11.8 Å². The molecule has 1 aromatic rings. The van der Waals surface area contributed by atoms with Crippen LogP contribution in [-0.2, 0) is 4.74 Å². The lowest BCUT2D eigenvalue weighted by Crippen LogP contribution is -2.24. The molecule has 0 unspecified atom stereocenters. The summed E-state index contributed by atoms with van der Waals surface area (Å²) < 4.78 is 5.35. The number of rotatable bonds is 8. The van der Waals surface area contributed by atoms with Crippen LogP contribution < -0.4 is 10.2 Å². The van der Waals surface area contributed by atoms with E-state index in [0.29, 0.717) is 12.6 Å². The van der Waals surface area contributed by atoms with Gasteiger partial charge < -0.3 is 15.0 Å². The summed E-state index contributed by atoms with van der Waals surface area (Å²) in [5.74, 6) is 1.64. The van der Waals surface area contributed by atoms with E-state index in [1.165, 1.54) is 0 Å². The van der Waals surface area contributed by atoms with Gasteiger partial charge in [-0.2, -0.15) is 4.98 Å². The number of hydrogen-bond donors (Lipinski definition) is 1. The van der Waals surface area contributed by atoms with Crippen LogP contribution in [-0.4, -0.2) is 43.3 Å². The van der Waals surface area contributed by atoms with Crippen molar-refractivity contribution in [2.45, 2.75) is 27.2 Å². The zero-order valence-electron chi connectivity index (χ0n) is 11.9. The lowest BCUT2D eigenvalue weighted by molar-refractivity contribution is 0.154. The largest absolute Gasteiger partial charge is 0.380 e. The number of likely N-dealkylation sites (N-methyl/N-ethyl adjacent to an activating group) is 1. The van der Waals surface area contributed by atoms with E-state index in [0.717, 1.165) is 37.6 Å². The van der Waals surface area contributed by atoms with E-state index in [2.05, 4.69) is 27.1 Å². The van der Waals surface area contributed by atoms with Crippen LogP contribution in [0, 0.1) is 6.92 Å². The second kappa shape index (κ2) is 7.87. The van der Waals surface area contributed by atoms with Crippen molar-refractivity contribution in [3.05, 3.63) is 11.8 Å². The lowest BCUT2D eigenvalue weighted by atomic mass is 10.4. The Morgan fingerprint density at radius 1 is 1.33 bits per heavy atom. The van der Waals surface area contributed by atoms with Crippen LogP contribution in [0.1, 0.15) is 26.0 Å². The molecule has 0 aliphatic carbocycles. The fourth-order valence-electron chi connectivity index (χ4n) is 1.52. The second-order valence-electron chi connectivity index (χ2n) is 4.24. The van der Waals surface area contributed by atoms with E-state index >= 15 is 0 Å². The molecule has 0 fully saturated rings. The van der Waals surface area contributed by atoms with Crippen LogP contribution in [0.25, 0.3) is 0 Å². The molecule has 5 nitrogen and oxygen atoms in total. The first-order chi connectivity index (χ1) is 8.67. The number of hydrogen-bond acceptors (Lipinski definition) is 5. The minimum absolute atomic E-state index is 0.704. The van der Waals surface area contributed by atoms with Crippen molar-refractivity contribution in [3.63, 3.8) is 0 Å². The molecule has 0 aromatic carbocycles. The summed E-state index contributed by atoms with van der Waals surface area (Å²) >= 11 is 0. The molecular weight excluding hydrogens is 228 g/mol. The fraction of sp³-hybridized carbons (Fsp3) is 0.692. The number of anilines is 2. The number of aryl methyl sites for hydroxylation is 1. The van der Waals surface area contributed by atoms with Crippen LogP contribution in [0.2, 0.25) is 0 Å². The van der Waals surface area contributed by atoms with Crippen molar-refractivity contribution < 1.29 is 4.74 Å². The highest BCUT2D eigenvalue weighted by atomic mass is 16.5. The molecule has 0 atom stereocenters. The number of nitrogens with one attached hydrogen (secondary N) is 1. The van der Waals surface area contributed by atoms with Gasteiger partial charge in [0.2, 0.25) is 5.95 Å². The summed E-state index contributed by atoms with van der Waals surface area (Å²) in [5.41, 5.74) is 0.974. The van der Waals surface area contributed by atoms with Crippen molar-refractivity contribution in [1.29, 1.82) is 0 Å². The van der Waals surface area contributed by atoms with Crippen LogP contribution in [0.5, 0.6) is 0 Å². The first-order valence-electron chi connectivity index (χ1n) is 6.55. The molecule has 0 saturated heterocycles. The zero-order valence-corrected chi connectivity index (χ0v) is 11.9. The van der Waals surface area contributed by atoms with E-state index in [1.54, 1.807) is 0 Å². The molecule has 1 aromatic heterocycles. The van der Waals surface area contributed by atoms with Crippen molar-refractivity contribution in [3.8, 4) is 0 Å². The third kappa shape index (κ3) is 4.87. The van der Waals surface area contributed by atoms with Crippen molar-refractivity contribution >= 4 is 11.8 Å². The normalized spacial score (nSPS) is 10.4.